The molecule has 1 aliphatic rings. The molecule has 4 heteroatoms. The van der Waals surface area contributed by atoms with E-state index in [1.165, 1.54) is 5.56 Å². The molecule has 4 nitrogen and oxygen atoms in total. The molecule has 1 fully saturated rings. The van der Waals surface area contributed by atoms with Gasteiger partial charge in [-0.15, -0.1) is 0 Å². The van der Waals surface area contributed by atoms with E-state index in [9.17, 15) is 4.79 Å². The van der Waals surface area contributed by atoms with Crippen LogP contribution in [-0.4, -0.2) is 34.1 Å². The summed E-state index contributed by atoms with van der Waals surface area (Å²) in [6, 6.07) is 12.5. The van der Waals surface area contributed by atoms with E-state index in [1.54, 1.807) is 0 Å². The smallest absolute Gasteiger partial charge is 0.274 e. The first-order chi connectivity index (χ1) is 10.8. The summed E-state index contributed by atoms with van der Waals surface area (Å²) in [6.45, 7) is 3.73. The Kier molecular flexibility index (Phi) is 4.56. The highest BCUT2D eigenvalue weighted by Crippen LogP contribution is 2.22. The molecule has 1 N–H and O–H groups in total. The highest BCUT2D eigenvalue weighted by atomic mass is 16.2. The van der Waals surface area contributed by atoms with Gasteiger partial charge in [-0.2, -0.15) is 5.10 Å². The number of amides is 1. The maximum absolute atomic E-state index is 12.4. The minimum absolute atomic E-state index is 0.0640. The zero-order valence-electron chi connectivity index (χ0n) is 13.1. The molecule has 0 unspecified atom stereocenters. The molecule has 0 saturated carbocycles. The highest BCUT2D eigenvalue weighted by Gasteiger charge is 2.25. The third kappa shape index (κ3) is 3.38. The second-order valence-electron chi connectivity index (χ2n) is 6.06. The average molecular weight is 297 g/mol. The number of hydrogen-bond acceptors (Lipinski definition) is 2. The normalized spacial score (nSPS) is 16.0. The number of hydrogen-bond donors (Lipinski definition) is 1. The molecule has 1 aromatic carbocycles. The summed E-state index contributed by atoms with van der Waals surface area (Å²) in [5.74, 6) is 0.742. The number of piperidine rings is 1. The predicted octanol–water partition coefficient (Wildman–Crippen LogP) is 3.07. The zero-order valence-corrected chi connectivity index (χ0v) is 13.1. The van der Waals surface area contributed by atoms with Crippen molar-refractivity contribution in [2.75, 3.05) is 13.1 Å². The number of likely N-dealkylation sites (tertiary alicyclic amines) is 1. The topological polar surface area (TPSA) is 49.0 Å². The number of nitrogens with zero attached hydrogens (tertiary/aromatic N) is 2. The van der Waals surface area contributed by atoms with E-state index < -0.39 is 0 Å². The van der Waals surface area contributed by atoms with Crippen molar-refractivity contribution in [3.8, 4) is 0 Å². The Morgan fingerprint density at radius 2 is 2.00 bits per heavy atom. The van der Waals surface area contributed by atoms with Gasteiger partial charge in [-0.25, -0.2) is 0 Å². The Morgan fingerprint density at radius 1 is 1.27 bits per heavy atom. The number of aryl methyl sites for hydroxylation is 1. The summed E-state index contributed by atoms with van der Waals surface area (Å²) in [6.07, 6.45) is 4.14. The van der Waals surface area contributed by atoms with Crippen molar-refractivity contribution >= 4 is 5.91 Å². The van der Waals surface area contributed by atoms with E-state index in [0.717, 1.165) is 44.5 Å². The SMILES string of the molecule is CCc1cc(C(=O)N2CCC(Cc3ccccc3)CC2)n[nH]1. The summed E-state index contributed by atoms with van der Waals surface area (Å²) in [5, 5.41) is 7.05. The molecule has 3 rings (SSSR count). The van der Waals surface area contributed by atoms with Gasteiger partial charge < -0.3 is 4.90 Å². The van der Waals surface area contributed by atoms with Gasteiger partial charge in [0.25, 0.3) is 5.91 Å². The van der Waals surface area contributed by atoms with Gasteiger partial charge in [0, 0.05) is 18.8 Å². The Labute approximate surface area is 131 Å². The molecule has 2 heterocycles. The van der Waals surface area contributed by atoms with Gasteiger partial charge in [0.1, 0.15) is 5.69 Å². The first-order valence-corrected chi connectivity index (χ1v) is 8.13. The predicted molar refractivity (Wildman–Crippen MR) is 86.7 cm³/mol. The van der Waals surface area contributed by atoms with Gasteiger partial charge in [0.05, 0.1) is 0 Å². The quantitative estimate of drug-likeness (QED) is 0.943. The standard InChI is InChI=1S/C18H23N3O/c1-2-16-13-17(20-19-16)18(22)21-10-8-15(9-11-21)12-14-6-4-3-5-7-14/h3-7,13,15H,2,8-12H2,1H3,(H,19,20). The van der Waals surface area contributed by atoms with Crippen LogP contribution in [0.4, 0.5) is 0 Å². The number of aromatic amines is 1. The molecule has 1 amide bonds. The molecule has 22 heavy (non-hydrogen) atoms. The summed E-state index contributed by atoms with van der Waals surface area (Å²) in [5.41, 5.74) is 2.97. The lowest BCUT2D eigenvalue weighted by Crippen LogP contribution is -2.39. The fraction of sp³-hybridized carbons (Fsp3) is 0.444. The maximum Gasteiger partial charge on any atom is 0.274 e. The van der Waals surface area contributed by atoms with Crippen LogP contribution in [0.3, 0.4) is 0 Å². The van der Waals surface area contributed by atoms with E-state index in [0.29, 0.717) is 11.6 Å². The molecule has 1 saturated heterocycles. The van der Waals surface area contributed by atoms with Crippen molar-refractivity contribution in [3.05, 3.63) is 53.3 Å². The van der Waals surface area contributed by atoms with Gasteiger partial charge >= 0.3 is 0 Å². The van der Waals surface area contributed by atoms with E-state index in [-0.39, 0.29) is 5.91 Å². The summed E-state index contributed by atoms with van der Waals surface area (Å²) < 4.78 is 0. The maximum atomic E-state index is 12.4. The van der Waals surface area contributed by atoms with Crippen molar-refractivity contribution < 1.29 is 4.79 Å². The fourth-order valence-corrected chi connectivity index (χ4v) is 3.10. The van der Waals surface area contributed by atoms with Crippen LogP contribution in [0.25, 0.3) is 0 Å². The van der Waals surface area contributed by atoms with Crippen molar-refractivity contribution in [2.45, 2.75) is 32.6 Å². The lowest BCUT2D eigenvalue weighted by atomic mass is 9.90. The minimum Gasteiger partial charge on any atom is -0.337 e. The molecule has 1 aromatic heterocycles. The molecular weight excluding hydrogens is 274 g/mol. The number of carbonyl (C=O) groups is 1. The second-order valence-corrected chi connectivity index (χ2v) is 6.06. The first kappa shape index (κ1) is 14.8. The number of H-pyrrole nitrogens is 1. The lowest BCUT2D eigenvalue weighted by molar-refractivity contribution is 0.0684. The van der Waals surface area contributed by atoms with Crippen molar-refractivity contribution in [2.24, 2.45) is 5.92 Å². The van der Waals surface area contributed by atoms with Gasteiger partial charge in [-0.3, -0.25) is 9.89 Å². The Balaban J connectivity index is 1.54. The molecule has 0 atom stereocenters. The van der Waals surface area contributed by atoms with Crippen LogP contribution in [0.2, 0.25) is 0 Å². The minimum atomic E-state index is 0.0640. The van der Waals surface area contributed by atoms with Crippen LogP contribution in [0, 0.1) is 5.92 Å². The van der Waals surface area contributed by atoms with Crippen LogP contribution in [0.5, 0.6) is 0 Å². The molecule has 2 aromatic rings. The number of aromatic nitrogens is 2. The van der Waals surface area contributed by atoms with Gasteiger partial charge in [-0.1, -0.05) is 37.3 Å². The molecule has 0 aliphatic carbocycles. The van der Waals surface area contributed by atoms with Crippen LogP contribution in [0.1, 0.15) is 41.5 Å². The van der Waals surface area contributed by atoms with Crippen molar-refractivity contribution in [3.63, 3.8) is 0 Å². The molecule has 0 spiro atoms. The third-order valence-electron chi connectivity index (χ3n) is 4.50. The Morgan fingerprint density at radius 3 is 2.64 bits per heavy atom. The molecule has 0 bridgehead atoms. The zero-order chi connectivity index (χ0) is 15.4. The Bertz CT molecular complexity index is 612. The molecule has 0 radical (unpaired) electrons. The van der Waals surface area contributed by atoms with Crippen LogP contribution >= 0.6 is 0 Å². The van der Waals surface area contributed by atoms with Gasteiger partial charge in [-0.05, 0) is 43.2 Å². The van der Waals surface area contributed by atoms with Crippen LogP contribution < -0.4 is 0 Å². The highest BCUT2D eigenvalue weighted by molar-refractivity contribution is 5.92. The summed E-state index contributed by atoms with van der Waals surface area (Å²) in [4.78, 5) is 14.4. The van der Waals surface area contributed by atoms with Gasteiger partial charge in [0.15, 0.2) is 0 Å². The van der Waals surface area contributed by atoms with Crippen LogP contribution in [-0.2, 0) is 12.8 Å². The number of carbonyl (C=O) groups excluding carboxylic acids is 1. The largest absolute Gasteiger partial charge is 0.337 e. The number of rotatable bonds is 4. The van der Waals surface area contributed by atoms with E-state index in [1.807, 2.05) is 11.0 Å². The van der Waals surface area contributed by atoms with E-state index in [2.05, 4.69) is 47.5 Å². The first-order valence-electron chi connectivity index (χ1n) is 8.13. The lowest BCUT2D eigenvalue weighted by Gasteiger charge is -2.31. The van der Waals surface area contributed by atoms with Crippen LogP contribution in [0.15, 0.2) is 36.4 Å². The van der Waals surface area contributed by atoms with Gasteiger partial charge in [0.2, 0.25) is 0 Å². The fourth-order valence-electron chi connectivity index (χ4n) is 3.10. The third-order valence-corrected chi connectivity index (χ3v) is 4.50. The Hall–Kier alpha value is -2.10. The molecular formula is C18H23N3O. The van der Waals surface area contributed by atoms with E-state index >= 15 is 0 Å². The number of nitrogens with one attached hydrogen (secondary N) is 1. The molecule has 1 aliphatic heterocycles. The number of benzene rings is 1. The average Bonchev–Trinajstić information content (AvgIpc) is 3.05. The summed E-state index contributed by atoms with van der Waals surface area (Å²) >= 11 is 0. The van der Waals surface area contributed by atoms with Crippen molar-refractivity contribution in [1.82, 2.24) is 15.1 Å². The second kappa shape index (κ2) is 6.77. The molecule has 116 valence electrons. The monoisotopic (exact) mass is 297 g/mol. The summed E-state index contributed by atoms with van der Waals surface area (Å²) in [7, 11) is 0. The van der Waals surface area contributed by atoms with Crippen molar-refractivity contribution in [1.29, 1.82) is 0 Å². The van der Waals surface area contributed by atoms with E-state index in [4.69, 9.17) is 0 Å².